The number of carbonyl (C=O) groups is 1. The van der Waals surface area contributed by atoms with E-state index in [0.717, 1.165) is 6.42 Å². The van der Waals surface area contributed by atoms with Crippen molar-refractivity contribution in [1.82, 2.24) is 5.32 Å². The fourth-order valence-corrected chi connectivity index (χ4v) is 4.05. The molecule has 7 atom stereocenters. The van der Waals surface area contributed by atoms with Crippen molar-refractivity contribution in [2.24, 2.45) is 16.6 Å². The van der Waals surface area contributed by atoms with E-state index in [-0.39, 0.29) is 17.4 Å². The molecule has 29 heavy (non-hydrogen) atoms. The Hall–Kier alpha value is -1.01. The minimum absolute atomic E-state index is 0.0443. The molecule has 0 radical (unpaired) electrons. The summed E-state index contributed by atoms with van der Waals surface area (Å²) in [6.07, 6.45) is -6.95. The zero-order valence-electron chi connectivity index (χ0n) is 17.9. The van der Waals surface area contributed by atoms with Crippen LogP contribution in [0.2, 0.25) is 0 Å². The van der Waals surface area contributed by atoms with Gasteiger partial charge in [0.05, 0.1) is 25.4 Å². The first-order chi connectivity index (χ1) is 13.2. The summed E-state index contributed by atoms with van der Waals surface area (Å²) in [5.41, 5.74) is 5.02. The van der Waals surface area contributed by atoms with Crippen LogP contribution in [0.3, 0.4) is 0 Å². The number of hydrogen-bond acceptors (Lipinski definition) is 8. The number of rotatable bonds is 9. The van der Waals surface area contributed by atoms with E-state index in [9.17, 15) is 30.3 Å². The van der Waals surface area contributed by atoms with Crippen LogP contribution in [0.25, 0.3) is 0 Å². The highest BCUT2D eigenvalue weighted by atomic mass is 16.7. The van der Waals surface area contributed by atoms with Crippen molar-refractivity contribution in [2.75, 3.05) is 13.2 Å². The van der Waals surface area contributed by atoms with Crippen LogP contribution in [-0.2, 0) is 9.47 Å². The fraction of sp³-hybridized carbons (Fsp3) is 0.947. The van der Waals surface area contributed by atoms with Crippen LogP contribution in [0.5, 0.6) is 0 Å². The second-order valence-corrected chi connectivity index (χ2v) is 9.82. The van der Waals surface area contributed by atoms with E-state index in [1.807, 2.05) is 13.8 Å². The summed E-state index contributed by atoms with van der Waals surface area (Å²) in [6.45, 7) is 9.48. The van der Waals surface area contributed by atoms with E-state index in [4.69, 9.17) is 15.2 Å². The number of ether oxygens (including phenoxy) is 2. The first kappa shape index (κ1) is 26.0. The highest BCUT2D eigenvalue weighted by Gasteiger charge is 2.44. The monoisotopic (exact) mass is 422 g/mol. The Bertz CT molecular complexity index is 523. The van der Waals surface area contributed by atoms with Gasteiger partial charge in [0.2, 0.25) is 0 Å². The molecule has 2 amide bonds. The summed E-state index contributed by atoms with van der Waals surface area (Å²) in [6, 6.07) is -1.74. The maximum Gasteiger partial charge on any atom is 0.312 e. The van der Waals surface area contributed by atoms with Crippen LogP contribution >= 0.6 is 0 Å². The first-order valence-corrected chi connectivity index (χ1v) is 9.83. The summed E-state index contributed by atoms with van der Waals surface area (Å²) >= 11 is 0. The van der Waals surface area contributed by atoms with Gasteiger partial charge in [0.1, 0.15) is 24.4 Å². The number of amides is 2. The SMILES string of the molecule is CC(C)(C)CC(C)(C)C[C@@H](O)[C@H](COC1OC(CO)[C@@H](O)C(O)C1O)NC(N)=O. The van der Waals surface area contributed by atoms with Crippen molar-refractivity contribution >= 4 is 6.03 Å². The molecule has 0 spiro atoms. The second kappa shape index (κ2) is 10.3. The number of carbonyl (C=O) groups excluding carboxylic acids is 1. The lowest BCUT2D eigenvalue weighted by molar-refractivity contribution is -0.302. The van der Waals surface area contributed by atoms with Gasteiger partial charge in [-0.05, 0) is 23.7 Å². The van der Waals surface area contributed by atoms with E-state index in [0.29, 0.717) is 6.42 Å². The van der Waals surface area contributed by atoms with Gasteiger partial charge in [-0.3, -0.25) is 0 Å². The average Bonchev–Trinajstić information content (AvgIpc) is 2.54. The van der Waals surface area contributed by atoms with Gasteiger partial charge in [0.25, 0.3) is 0 Å². The molecular formula is C19H38N2O8. The molecule has 4 unspecified atom stereocenters. The lowest BCUT2D eigenvalue weighted by atomic mass is 9.73. The van der Waals surface area contributed by atoms with Crippen LogP contribution in [0.15, 0.2) is 0 Å². The third-order valence-electron chi connectivity index (χ3n) is 4.85. The highest BCUT2D eigenvalue weighted by molar-refractivity contribution is 5.72. The van der Waals surface area contributed by atoms with Crippen molar-refractivity contribution in [3.8, 4) is 0 Å². The smallest absolute Gasteiger partial charge is 0.312 e. The first-order valence-electron chi connectivity index (χ1n) is 9.83. The van der Waals surface area contributed by atoms with Gasteiger partial charge in [-0.2, -0.15) is 0 Å². The zero-order chi connectivity index (χ0) is 22.6. The fourth-order valence-electron chi connectivity index (χ4n) is 4.05. The van der Waals surface area contributed by atoms with Gasteiger partial charge in [-0.15, -0.1) is 0 Å². The number of aliphatic hydroxyl groups is 5. The molecule has 0 aliphatic carbocycles. The Morgan fingerprint density at radius 2 is 1.72 bits per heavy atom. The maximum absolute atomic E-state index is 11.4. The van der Waals surface area contributed by atoms with Gasteiger partial charge < -0.3 is 46.1 Å². The average molecular weight is 423 g/mol. The Morgan fingerprint density at radius 1 is 1.14 bits per heavy atom. The second-order valence-electron chi connectivity index (χ2n) is 9.82. The number of hydrogen-bond donors (Lipinski definition) is 7. The van der Waals surface area contributed by atoms with E-state index < -0.39 is 55.5 Å². The molecule has 10 nitrogen and oxygen atoms in total. The standard InChI is InChI=1S/C19H38N2O8/c1-18(2,3)9-19(4,5)6-11(23)10(21-17(20)27)8-28-16-15(26)14(25)13(24)12(7-22)29-16/h10-16,22-26H,6-9H2,1-5H3,(H3,20,21,27)/t10-,11+,12?,13+,14?,15?,16?/m0/s1. The van der Waals surface area contributed by atoms with Gasteiger partial charge in [0, 0.05) is 0 Å². The molecule has 8 N–H and O–H groups in total. The number of nitrogens with two attached hydrogens (primary N) is 1. The normalized spacial score (nSPS) is 30.6. The van der Waals surface area contributed by atoms with E-state index in [1.165, 1.54) is 0 Å². The minimum atomic E-state index is -1.58. The molecule has 172 valence electrons. The molecule has 0 aromatic rings. The summed E-state index contributed by atoms with van der Waals surface area (Å²) in [4.78, 5) is 11.4. The third kappa shape index (κ3) is 8.33. The predicted molar refractivity (Wildman–Crippen MR) is 105 cm³/mol. The number of urea groups is 1. The molecule has 1 saturated heterocycles. The summed E-state index contributed by atoms with van der Waals surface area (Å²) in [5, 5.41) is 52.1. The summed E-state index contributed by atoms with van der Waals surface area (Å²) in [5.74, 6) is 0. The molecule has 10 heteroatoms. The molecule has 0 aromatic carbocycles. The van der Waals surface area contributed by atoms with Crippen LogP contribution in [0, 0.1) is 10.8 Å². The Balaban J connectivity index is 2.79. The van der Waals surface area contributed by atoms with Gasteiger partial charge >= 0.3 is 6.03 Å². The molecule has 0 aromatic heterocycles. The van der Waals surface area contributed by atoms with Crippen molar-refractivity contribution < 1.29 is 39.8 Å². The predicted octanol–water partition coefficient (Wildman–Crippen LogP) is -0.947. The molecule has 0 saturated carbocycles. The summed E-state index contributed by atoms with van der Waals surface area (Å²) in [7, 11) is 0. The summed E-state index contributed by atoms with van der Waals surface area (Å²) < 4.78 is 10.7. The lowest BCUT2D eigenvalue weighted by Gasteiger charge is -2.40. The van der Waals surface area contributed by atoms with Crippen LogP contribution in [0.1, 0.15) is 47.5 Å². The van der Waals surface area contributed by atoms with Crippen molar-refractivity contribution in [3.63, 3.8) is 0 Å². The number of primary amides is 1. The van der Waals surface area contributed by atoms with E-state index in [2.05, 4.69) is 26.1 Å². The molecular weight excluding hydrogens is 384 g/mol. The molecule has 1 aliphatic heterocycles. The van der Waals surface area contributed by atoms with Crippen LogP contribution in [-0.4, -0.2) is 87.6 Å². The number of nitrogens with one attached hydrogen (secondary N) is 1. The third-order valence-corrected chi connectivity index (χ3v) is 4.85. The molecule has 0 bridgehead atoms. The highest BCUT2D eigenvalue weighted by Crippen LogP contribution is 2.37. The largest absolute Gasteiger partial charge is 0.394 e. The van der Waals surface area contributed by atoms with E-state index >= 15 is 0 Å². The van der Waals surface area contributed by atoms with Crippen molar-refractivity contribution in [3.05, 3.63) is 0 Å². The quantitative estimate of drug-likeness (QED) is 0.249. The van der Waals surface area contributed by atoms with Crippen molar-refractivity contribution in [1.29, 1.82) is 0 Å². The van der Waals surface area contributed by atoms with Gasteiger partial charge in [0.15, 0.2) is 6.29 Å². The minimum Gasteiger partial charge on any atom is -0.394 e. The number of aliphatic hydroxyl groups excluding tert-OH is 5. The molecule has 1 heterocycles. The van der Waals surface area contributed by atoms with Gasteiger partial charge in [-0.1, -0.05) is 34.6 Å². The van der Waals surface area contributed by atoms with Crippen LogP contribution in [0.4, 0.5) is 4.79 Å². The van der Waals surface area contributed by atoms with Crippen LogP contribution < -0.4 is 11.1 Å². The Kier molecular flexibility index (Phi) is 9.28. The topological polar surface area (TPSA) is 175 Å². The zero-order valence-corrected chi connectivity index (χ0v) is 17.9. The van der Waals surface area contributed by atoms with Gasteiger partial charge in [-0.25, -0.2) is 4.79 Å². The maximum atomic E-state index is 11.4. The Morgan fingerprint density at radius 3 is 2.21 bits per heavy atom. The Labute approximate surface area is 172 Å². The van der Waals surface area contributed by atoms with E-state index in [1.54, 1.807) is 0 Å². The molecule has 1 aliphatic rings. The lowest BCUT2D eigenvalue weighted by Crippen LogP contribution is -2.60. The molecule has 1 rings (SSSR count). The van der Waals surface area contributed by atoms with Crippen molar-refractivity contribution in [2.45, 2.75) is 90.3 Å². The molecule has 1 fully saturated rings.